The van der Waals surface area contributed by atoms with E-state index in [2.05, 4.69) is 6.92 Å². The first kappa shape index (κ1) is 16.2. The van der Waals surface area contributed by atoms with Crippen LogP contribution in [-0.4, -0.2) is 23.5 Å². The molecule has 0 aliphatic carbocycles. The average Bonchev–Trinajstić information content (AvgIpc) is 3.02. The van der Waals surface area contributed by atoms with Crippen LogP contribution in [0.2, 0.25) is 0 Å². The number of cyclic esters (lactones) is 1. The highest BCUT2D eigenvalue weighted by atomic mass is 16.6. The van der Waals surface area contributed by atoms with Crippen molar-refractivity contribution in [3.63, 3.8) is 0 Å². The molecular weight excluding hydrogens is 302 g/mol. The van der Waals surface area contributed by atoms with Crippen molar-refractivity contribution in [3.05, 3.63) is 71.8 Å². The molecule has 124 valence electrons. The zero-order valence-corrected chi connectivity index (χ0v) is 13.7. The van der Waals surface area contributed by atoms with Gasteiger partial charge in [-0.05, 0) is 23.5 Å². The zero-order chi connectivity index (χ0) is 16.9. The predicted octanol–water partition coefficient (Wildman–Crippen LogP) is 4.29. The minimum atomic E-state index is -0.545. The van der Waals surface area contributed by atoms with E-state index in [1.165, 1.54) is 4.90 Å². The summed E-state index contributed by atoms with van der Waals surface area (Å²) in [6.45, 7) is 2.28. The lowest BCUT2D eigenvalue weighted by Crippen LogP contribution is -2.35. The SMILES string of the molecule is CC[C@@H](CC(=O)N1C(=O)OC[C@@H]1c1ccccc1)c1ccccc1. The van der Waals surface area contributed by atoms with Gasteiger partial charge < -0.3 is 4.74 Å². The fraction of sp³-hybridized carbons (Fsp3) is 0.300. The van der Waals surface area contributed by atoms with Gasteiger partial charge in [0.2, 0.25) is 5.91 Å². The van der Waals surface area contributed by atoms with Crippen molar-refractivity contribution in [3.8, 4) is 0 Å². The maximum Gasteiger partial charge on any atom is 0.417 e. The first-order valence-electron chi connectivity index (χ1n) is 8.29. The Morgan fingerprint density at radius 2 is 1.75 bits per heavy atom. The summed E-state index contributed by atoms with van der Waals surface area (Å²) in [4.78, 5) is 26.2. The third-order valence-electron chi connectivity index (χ3n) is 4.51. The van der Waals surface area contributed by atoms with Crippen LogP contribution < -0.4 is 0 Å². The number of nitrogens with zero attached hydrogens (tertiary/aromatic N) is 1. The Morgan fingerprint density at radius 3 is 2.38 bits per heavy atom. The lowest BCUT2D eigenvalue weighted by atomic mass is 9.92. The normalized spacial score (nSPS) is 18.3. The van der Waals surface area contributed by atoms with Gasteiger partial charge in [-0.2, -0.15) is 0 Å². The van der Waals surface area contributed by atoms with E-state index < -0.39 is 6.09 Å². The number of ether oxygens (including phenoxy) is 1. The molecule has 0 unspecified atom stereocenters. The summed E-state index contributed by atoms with van der Waals surface area (Å²) in [7, 11) is 0. The van der Waals surface area contributed by atoms with Crippen molar-refractivity contribution >= 4 is 12.0 Å². The Balaban J connectivity index is 1.78. The molecule has 0 bridgehead atoms. The van der Waals surface area contributed by atoms with Gasteiger partial charge in [0.1, 0.15) is 12.6 Å². The molecule has 0 N–H and O–H groups in total. The van der Waals surface area contributed by atoms with Crippen LogP contribution in [0.5, 0.6) is 0 Å². The van der Waals surface area contributed by atoms with Crippen molar-refractivity contribution < 1.29 is 14.3 Å². The van der Waals surface area contributed by atoms with E-state index in [0.717, 1.165) is 17.5 Å². The van der Waals surface area contributed by atoms with Crippen molar-refractivity contribution in [2.45, 2.75) is 31.7 Å². The molecule has 1 fully saturated rings. The number of hydrogen-bond donors (Lipinski definition) is 0. The summed E-state index contributed by atoms with van der Waals surface area (Å²) >= 11 is 0. The van der Waals surface area contributed by atoms with E-state index in [4.69, 9.17) is 4.74 Å². The van der Waals surface area contributed by atoms with Crippen LogP contribution in [0.4, 0.5) is 4.79 Å². The molecule has 0 saturated carbocycles. The van der Waals surface area contributed by atoms with Gasteiger partial charge in [-0.1, -0.05) is 67.6 Å². The molecule has 24 heavy (non-hydrogen) atoms. The van der Waals surface area contributed by atoms with E-state index in [1.807, 2.05) is 60.7 Å². The maximum atomic E-state index is 12.8. The summed E-state index contributed by atoms with van der Waals surface area (Å²) in [5, 5.41) is 0. The summed E-state index contributed by atoms with van der Waals surface area (Å²) < 4.78 is 5.14. The maximum absolute atomic E-state index is 12.8. The average molecular weight is 323 g/mol. The number of amides is 2. The molecule has 3 rings (SSSR count). The molecule has 4 heteroatoms. The highest BCUT2D eigenvalue weighted by Gasteiger charge is 2.39. The van der Waals surface area contributed by atoms with Gasteiger partial charge in [0.05, 0.1) is 0 Å². The van der Waals surface area contributed by atoms with E-state index in [-0.39, 0.29) is 24.5 Å². The molecule has 1 aliphatic rings. The Labute approximate surface area is 142 Å². The highest BCUT2D eigenvalue weighted by Crippen LogP contribution is 2.31. The van der Waals surface area contributed by atoms with Crippen molar-refractivity contribution in [1.29, 1.82) is 0 Å². The van der Waals surface area contributed by atoms with Crippen LogP contribution in [-0.2, 0) is 9.53 Å². The Kier molecular flexibility index (Phi) is 4.94. The number of hydrogen-bond acceptors (Lipinski definition) is 3. The summed E-state index contributed by atoms with van der Waals surface area (Å²) in [6, 6.07) is 19.2. The molecular formula is C20H21NO3. The van der Waals surface area contributed by atoms with Gasteiger partial charge in [0, 0.05) is 6.42 Å². The summed E-state index contributed by atoms with van der Waals surface area (Å²) in [6.07, 6.45) is 0.602. The molecule has 4 nitrogen and oxygen atoms in total. The van der Waals surface area contributed by atoms with E-state index in [1.54, 1.807) is 0 Å². The topological polar surface area (TPSA) is 46.6 Å². The first-order valence-corrected chi connectivity index (χ1v) is 8.29. The molecule has 0 radical (unpaired) electrons. The molecule has 2 aromatic rings. The third-order valence-corrected chi connectivity index (χ3v) is 4.51. The summed E-state index contributed by atoms with van der Waals surface area (Å²) in [5.41, 5.74) is 2.04. The summed E-state index contributed by atoms with van der Waals surface area (Å²) in [5.74, 6) is -0.0782. The Morgan fingerprint density at radius 1 is 1.12 bits per heavy atom. The molecule has 0 aromatic heterocycles. The van der Waals surface area contributed by atoms with Gasteiger partial charge >= 0.3 is 6.09 Å². The molecule has 2 atom stereocenters. The second-order valence-corrected chi connectivity index (χ2v) is 5.99. The van der Waals surface area contributed by atoms with Crippen LogP contribution in [0.1, 0.15) is 42.9 Å². The monoisotopic (exact) mass is 323 g/mol. The van der Waals surface area contributed by atoms with Gasteiger partial charge in [-0.3, -0.25) is 4.79 Å². The lowest BCUT2D eigenvalue weighted by molar-refractivity contribution is -0.129. The second-order valence-electron chi connectivity index (χ2n) is 5.99. The van der Waals surface area contributed by atoms with Crippen LogP contribution in [0.15, 0.2) is 60.7 Å². The van der Waals surface area contributed by atoms with Crippen molar-refractivity contribution in [2.24, 2.45) is 0 Å². The quantitative estimate of drug-likeness (QED) is 0.824. The standard InChI is InChI=1S/C20H21NO3/c1-2-15(16-9-5-3-6-10-16)13-19(22)21-18(14-24-20(21)23)17-11-7-4-8-12-17/h3-12,15,18H,2,13-14H2,1H3/t15-,18+/m0/s1. The van der Waals surface area contributed by atoms with E-state index in [0.29, 0.717) is 6.42 Å². The Bertz CT molecular complexity index is 699. The van der Waals surface area contributed by atoms with E-state index >= 15 is 0 Å². The second kappa shape index (κ2) is 7.30. The highest BCUT2D eigenvalue weighted by molar-refractivity contribution is 5.94. The van der Waals surface area contributed by atoms with Crippen LogP contribution in [0.25, 0.3) is 0 Å². The largest absolute Gasteiger partial charge is 0.446 e. The van der Waals surface area contributed by atoms with E-state index in [9.17, 15) is 9.59 Å². The third kappa shape index (κ3) is 3.32. The molecule has 1 heterocycles. The molecule has 2 aromatic carbocycles. The van der Waals surface area contributed by atoms with Gasteiger partial charge in [-0.15, -0.1) is 0 Å². The minimum absolute atomic E-state index is 0.100. The molecule has 1 saturated heterocycles. The predicted molar refractivity (Wildman–Crippen MR) is 91.5 cm³/mol. The number of carbonyl (C=O) groups is 2. The van der Waals surface area contributed by atoms with Crippen LogP contribution in [0, 0.1) is 0 Å². The van der Waals surface area contributed by atoms with Gasteiger partial charge in [0.25, 0.3) is 0 Å². The number of rotatable bonds is 5. The van der Waals surface area contributed by atoms with Gasteiger partial charge in [-0.25, -0.2) is 9.69 Å². The fourth-order valence-corrected chi connectivity index (χ4v) is 3.15. The smallest absolute Gasteiger partial charge is 0.417 e. The molecule has 1 aliphatic heterocycles. The number of benzene rings is 2. The fourth-order valence-electron chi connectivity index (χ4n) is 3.15. The Hall–Kier alpha value is -2.62. The number of carbonyl (C=O) groups excluding carboxylic acids is 2. The molecule has 0 spiro atoms. The lowest BCUT2D eigenvalue weighted by Gasteiger charge is -2.22. The van der Waals surface area contributed by atoms with Crippen LogP contribution in [0.3, 0.4) is 0 Å². The minimum Gasteiger partial charge on any atom is -0.446 e. The zero-order valence-electron chi connectivity index (χ0n) is 13.7. The number of imide groups is 1. The van der Waals surface area contributed by atoms with Crippen molar-refractivity contribution in [2.75, 3.05) is 6.61 Å². The van der Waals surface area contributed by atoms with Gasteiger partial charge in [0.15, 0.2) is 0 Å². The first-order chi connectivity index (χ1) is 11.7. The molecule has 2 amide bonds. The van der Waals surface area contributed by atoms with Crippen LogP contribution >= 0.6 is 0 Å². The van der Waals surface area contributed by atoms with Crippen molar-refractivity contribution in [1.82, 2.24) is 4.90 Å².